The normalized spacial score (nSPS) is 9.17. The Bertz CT molecular complexity index is 275. The summed E-state index contributed by atoms with van der Waals surface area (Å²) in [4.78, 5) is 10.2. The van der Waals surface area contributed by atoms with Crippen LogP contribution in [-0.4, -0.2) is 14.1 Å². The van der Waals surface area contributed by atoms with E-state index in [1.165, 1.54) is 5.01 Å². The van der Waals surface area contributed by atoms with Crippen LogP contribution in [0.5, 0.6) is 0 Å². The molecule has 1 aromatic carbocycles. The predicted molar refractivity (Wildman–Crippen MR) is 50.2 cm³/mol. The first-order valence-electron chi connectivity index (χ1n) is 3.63. The Morgan fingerprint density at radius 3 is 2.67 bits per heavy atom. The van der Waals surface area contributed by atoms with Gasteiger partial charge in [-0.1, -0.05) is 12.1 Å². The first-order valence-corrected chi connectivity index (χ1v) is 3.63. The molecule has 0 unspecified atom stereocenters. The van der Waals surface area contributed by atoms with Crippen molar-refractivity contribution in [2.24, 2.45) is 5.29 Å². The van der Waals surface area contributed by atoms with Gasteiger partial charge in [-0.2, -0.15) is 0 Å². The minimum absolute atomic E-state index is 0.773. The molecule has 0 aliphatic carbocycles. The van der Waals surface area contributed by atoms with E-state index in [0.717, 1.165) is 11.4 Å². The lowest BCUT2D eigenvalue weighted by Crippen LogP contribution is -2.08. The molecule has 0 spiro atoms. The number of benzene rings is 1. The molecule has 0 bridgehead atoms. The van der Waals surface area contributed by atoms with Gasteiger partial charge in [0.15, 0.2) is 0 Å². The average Bonchev–Trinajstić information content (AvgIpc) is 2.16. The molecule has 0 amide bonds. The van der Waals surface area contributed by atoms with Crippen LogP contribution < -0.4 is 10.3 Å². The molecule has 12 heavy (non-hydrogen) atoms. The fourth-order valence-corrected chi connectivity index (χ4v) is 1.01. The highest BCUT2D eigenvalue weighted by molar-refractivity contribution is 5.68. The summed E-state index contributed by atoms with van der Waals surface area (Å²) < 4.78 is 0. The lowest BCUT2D eigenvalue weighted by molar-refractivity contribution is 1.00. The summed E-state index contributed by atoms with van der Waals surface area (Å²) in [5.41, 5.74) is 1.66. The zero-order chi connectivity index (χ0) is 8.97. The molecule has 0 fully saturated rings. The standard InChI is InChI=1S/C8H11N3O/c1-9-7-5-3-4-6-8(7)11(2)10-12/h3-6,9H,1-2H3. The van der Waals surface area contributed by atoms with Crippen LogP contribution in [0.25, 0.3) is 0 Å². The van der Waals surface area contributed by atoms with Crippen LogP contribution in [0.3, 0.4) is 0 Å². The monoisotopic (exact) mass is 165 g/mol. The fourth-order valence-electron chi connectivity index (χ4n) is 1.01. The molecule has 0 saturated carbocycles. The number of para-hydroxylation sites is 2. The quantitative estimate of drug-likeness (QED) is 0.549. The van der Waals surface area contributed by atoms with Gasteiger partial charge >= 0.3 is 0 Å². The van der Waals surface area contributed by atoms with Gasteiger partial charge in [-0.25, -0.2) is 5.01 Å². The molecule has 0 aliphatic heterocycles. The molecule has 4 heteroatoms. The molecule has 1 aromatic rings. The van der Waals surface area contributed by atoms with Crippen molar-refractivity contribution >= 4 is 11.4 Å². The molecule has 0 radical (unpaired) electrons. The molecule has 0 heterocycles. The molecule has 0 aliphatic rings. The van der Waals surface area contributed by atoms with Crippen LogP contribution in [0.1, 0.15) is 0 Å². The van der Waals surface area contributed by atoms with Crippen LogP contribution in [-0.2, 0) is 0 Å². The van der Waals surface area contributed by atoms with Crippen LogP contribution in [0, 0.1) is 4.91 Å². The van der Waals surface area contributed by atoms with E-state index in [1.54, 1.807) is 14.1 Å². The Balaban J connectivity index is 3.04. The Labute approximate surface area is 71.1 Å². The second kappa shape index (κ2) is 3.71. The van der Waals surface area contributed by atoms with Gasteiger partial charge in [-0.3, -0.25) is 0 Å². The van der Waals surface area contributed by atoms with Crippen molar-refractivity contribution in [1.29, 1.82) is 0 Å². The zero-order valence-electron chi connectivity index (χ0n) is 7.11. The number of nitroso groups, excluding NO2 is 1. The molecule has 0 aromatic heterocycles. The minimum atomic E-state index is 0.773. The van der Waals surface area contributed by atoms with Crippen LogP contribution in [0.4, 0.5) is 11.4 Å². The van der Waals surface area contributed by atoms with Gasteiger partial charge in [-0.15, -0.1) is 4.91 Å². The number of anilines is 2. The summed E-state index contributed by atoms with van der Waals surface area (Å²) in [5.74, 6) is 0. The third-order valence-corrected chi connectivity index (χ3v) is 1.64. The topological polar surface area (TPSA) is 44.7 Å². The van der Waals surface area contributed by atoms with Crippen molar-refractivity contribution in [1.82, 2.24) is 0 Å². The van der Waals surface area contributed by atoms with E-state index in [0.29, 0.717) is 0 Å². The molecule has 1 N–H and O–H groups in total. The van der Waals surface area contributed by atoms with Crippen molar-refractivity contribution < 1.29 is 0 Å². The molecule has 0 saturated heterocycles. The molecule has 0 atom stereocenters. The van der Waals surface area contributed by atoms with Gasteiger partial charge < -0.3 is 5.32 Å². The van der Waals surface area contributed by atoms with Gasteiger partial charge in [-0.05, 0) is 12.1 Å². The van der Waals surface area contributed by atoms with E-state index in [4.69, 9.17) is 0 Å². The minimum Gasteiger partial charge on any atom is -0.386 e. The fraction of sp³-hybridized carbons (Fsp3) is 0.250. The molecular formula is C8H11N3O. The Morgan fingerprint density at radius 2 is 2.08 bits per heavy atom. The van der Waals surface area contributed by atoms with E-state index in [-0.39, 0.29) is 0 Å². The summed E-state index contributed by atoms with van der Waals surface area (Å²) in [6.07, 6.45) is 0. The summed E-state index contributed by atoms with van der Waals surface area (Å²) in [5, 5.41) is 7.06. The van der Waals surface area contributed by atoms with Gasteiger partial charge in [0.2, 0.25) is 0 Å². The number of nitrogens with one attached hydrogen (secondary N) is 1. The molecule has 64 valence electrons. The number of hydrogen-bond donors (Lipinski definition) is 1. The van der Waals surface area contributed by atoms with Crippen molar-refractivity contribution in [3.63, 3.8) is 0 Å². The van der Waals surface area contributed by atoms with Crippen molar-refractivity contribution in [2.75, 3.05) is 24.4 Å². The maximum Gasteiger partial charge on any atom is 0.0854 e. The summed E-state index contributed by atoms with van der Waals surface area (Å²) in [7, 11) is 3.42. The van der Waals surface area contributed by atoms with E-state index in [2.05, 4.69) is 10.6 Å². The van der Waals surface area contributed by atoms with Crippen LogP contribution in [0.2, 0.25) is 0 Å². The lowest BCUT2D eigenvalue weighted by atomic mass is 10.2. The highest BCUT2D eigenvalue weighted by Gasteiger charge is 2.03. The maximum atomic E-state index is 10.2. The molecular weight excluding hydrogens is 154 g/mol. The third-order valence-electron chi connectivity index (χ3n) is 1.64. The molecule has 4 nitrogen and oxygen atoms in total. The number of hydrogen-bond acceptors (Lipinski definition) is 3. The Kier molecular flexibility index (Phi) is 2.63. The first kappa shape index (κ1) is 8.52. The van der Waals surface area contributed by atoms with E-state index >= 15 is 0 Å². The van der Waals surface area contributed by atoms with Crippen LogP contribution >= 0.6 is 0 Å². The first-order chi connectivity index (χ1) is 5.79. The number of rotatable bonds is 3. The number of nitrogens with zero attached hydrogens (tertiary/aromatic N) is 2. The van der Waals surface area contributed by atoms with Gasteiger partial charge in [0.05, 0.1) is 16.7 Å². The largest absolute Gasteiger partial charge is 0.386 e. The maximum absolute atomic E-state index is 10.2. The summed E-state index contributed by atoms with van der Waals surface area (Å²) in [6.45, 7) is 0. The Morgan fingerprint density at radius 1 is 1.42 bits per heavy atom. The second-order valence-electron chi connectivity index (χ2n) is 2.37. The summed E-state index contributed by atoms with van der Waals surface area (Å²) >= 11 is 0. The smallest absolute Gasteiger partial charge is 0.0854 e. The Hall–Kier alpha value is -1.58. The van der Waals surface area contributed by atoms with Crippen molar-refractivity contribution in [3.05, 3.63) is 29.2 Å². The zero-order valence-corrected chi connectivity index (χ0v) is 7.11. The van der Waals surface area contributed by atoms with E-state index in [9.17, 15) is 4.91 Å². The van der Waals surface area contributed by atoms with E-state index in [1.807, 2.05) is 24.3 Å². The predicted octanol–water partition coefficient (Wildman–Crippen LogP) is 1.85. The van der Waals surface area contributed by atoms with E-state index < -0.39 is 0 Å². The van der Waals surface area contributed by atoms with Crippen molar-refractivity contribution in [2.45, 2.75) is 0 Å². The van der Waals surface area contributed by atoms with Gasteiger partial charge in [0, 0.05) is 14.1 Å². The van der Waals surface area contributed by atoms with Crippen LogP contribution in [0.15, 0.2) is 29.6 Å². The average molecular weight is 165 g/mol. The molecule has 1 rings (SSSR count). The van der Waals surface area contributed by atoms with Gasteiger partial charge in [0.1, 0.15) is 0 Å². The van der Waals surface area contributed by atoms with Gasteiger partial charge in [0.25, 0.3) is 0 Å². The lowest BCUT2D eigenvalue weighted by Gasteiger charge is -2.12. The second-order valence-corrected chi connectivity index (χ2v) is 2.37. The SMILES string of the molecule is CNc1ccccc1N(C)N=O. The highest BCUT2D eigenvalue weighted by atomic mass is 16.3. The summed E-state index contributed by atoms with van der Waals surface area (Å²) in [6, 6.07) is 7.47. The third kappa shape index (κ3) is 1.53. The van der Waals surface area contributed by atoms with Crippen molar-refractivity contribution in [3.8, 4) is 0 Å². The highest BCUT2D eigenvalue weighted by Crippen LogP contribution is 2.23.